The van der Waals surface area contributed by atoms with E-state index >= 15 is 0 Å². The van der Waals surface area contributed by atoms with Crippen molar-refractivity contribution < 1.29 is 14.3 Å². The number of hydrogen-bond donors (Lipinski definition) is 1. The highest BCUT2D eigenvalue weighted by Gasteiger charge is 2.06. The summed E-state index contributed by atoms with van der Waals surface area (Å²) in [4.78, 5) is 11.4. The number of nitrogens with one attached hydrogen (secondary N) is 1. The Balaban J connectivity index is 2.52. The summed E-state index contributed by atoms with van der Waals surface area (Å²) in [6, 6.07) is 8.15. The van der Waals surface area contributed by atoms with E-state index in [9.17, 15) is 4.79 Å². The molecule has 0 bridgehead atoms. The lowest BCUT2D eigenvalue weighted by Crippen LogP contribution is -2.16. The monoisotopic (exact) mass is 277 g/mol. The van der Waals surface area contributed by atoms with Crippen LogP contribution < -0.4 is 5.32 Å². The Bertz CT molecular complexity index is 455. The predicted octanol–water partition coefficient (Wildman–Crippen LogP) is 2.43. The van der Waals surface area contributed by atoms with E-state index in [2.05, 4.69) is 17.4 Å². The molecule has 0 fully saturated rings. The quantitative estimate of drug-likeness (QED) is 0.450. The molecule has 4 heteroatoms. The van der Waals surface area contributed by atoms with Gasteiger partial charge in [0, 0.05) is 25.8 Å². The summed E-state index contributed by atoms with van der Waals surface area (Å²) in [5, 5.41) is 3.30. The summed E-state index contributed by atoms with van der Waals surface area (Å²) in [6.07, 6.45) is 2.55. The fraction of sp³-hybridized carbons (Fsp3) is 0.438. The van der Waals surface area contributed by atoms with Crippen LogP contribution in [-0.2, 0) is 27.4 Å². The van der Waals surface area contributed by atoms with Crippen LogP contribution >= 0.6 is 0 Å². The molecule has 0 saturated heterocycles. The number of hydrogen-bond acceptors (Lipinski definition) is 4. The largest absolute Gasteiger partial charge is 0.466 e. The van der Waals surface area contributed by atoms with E-state index in [1.165, 1.54) is 18.2 Å². The van der Waals surface area contributed by atoms with E-state index in [-0.39, 0.29) is 5.97 Å². The second kappa shape index (κ2) is 9.28. The minimum absolute atomic E-state index is 0.255. The van der Waals surface area contributed by atoms with E-state index in [1.54, 1.807) is 7.11 Å². The zero-order valence-electron chi connectivity index (χ0n) is 12.4. The van der Waals surface area contributed by atoms with Gasteiger partial charge in [-0.25, -0.2) is 4.79 Å². The van der Waals surface area contributed by atoms with E-state index < -0.39 is 0 Å². The van der Waals surface area contributed by atoms with Gasteiger partial charge >= 0.3 is 5.97 Å². The predicted molar refractivity (Wildman–Crippen MR) is 79.3 cm³/mol. The number of ether oxygens (including phenoxy) is 2. The first-order valence-corrected chi connectivity index (χ1v) is 6.76. The molecule has 4 nitrogen and oxygen atoms in total. The van der Waals surface area contributed by atoms with Gasteiger partial charge in [-0.05, 0) is 17.5 Å². The third-order valence-electron chi connectivity index (χ3n) is 3.05. The van der Waals surface area contributed by atoms with Crippen molar-refractivity contribution in [2.45, 2.75) is 26.5 Å². The molecule has 0 aliphatic heterocycles. The number of carbonyl (C=O) groups excluding carboxylic acids is 1. The Morgan fingerprint density at radius 2 is 1.95 bits per heavy atom. The van der Waals surface area contributed by atoms with Crippen molar-refractivity contribution in [3.63, 3.8) is 0 Å². The molecule has 0 atom stereocenters. The highest BCUT2D eigenvalue weighted by molar-refractivity contribution is 5.88. The Hall–Kier alpha value is -1.65. The maximum atomic E-state index is 11.4. The van der Waals surface area contributed by atoms with Crippen LogP contribution in [0.1, 0.15) is 24.5 Å². The lowest BCUT2D eigenvalue weighted by Gasteiger charge is -2.09. The molecule has 0 spiro atoms. The number of rotatable bonds is 8. The molecule has 0 amide bonds. The fourth-order valence-corrected chi connectivity index (χ4v) is 1.93. The van der Waals surface area contributed by atoms with Crippen LogP contribution in [0.25, 0.3) is 0 Å². The molecule has 0 unspecified atom stereocenters. The van der Waals surface area contributed by atoms with Gasteiger partial charge in [0.2, 0.25) is 0 Å². The maximum Gasteiger partial charge on any atom is 0.333 e. The van der Waals surface area contributed by atoms with Gasteiger partial charge in [0.05, 0.1) is 13.7 Å². The molecule has 1 rings (SSSR count). The Labute approximate surface area is 120 Å². The van der Waals surface area contributed by atoms with Crippen LogP contribution in [-0.4, -0.2) is 26.7 Å². The zero-order valence-corrected chi connectivity index (χ0v) is 12.4. The van der Waals surface area contributed by atoms with E-state index in [0.717, 1.165) is 6.54 Å². The maximum absolute atomic E-state index is 11.4. The number of carbonyl (C=O) groups is 1. The standard InChI is InChI=1S/C16H23NO3/c1-4-13(16(18)20-3)9-10-17-11-14-7-5-6-8-15(14)12-19-2/h5-9,17H,4,10-12H2,1-3H3/b13-9-. The van der Waals surface area contributed by atoms with Gasteiger partial charge in [-0.3, -0.25) is 0 Å². The highest BCUT2D eigenvalue weighted by Crippen LogP contribution is 2.09. The van der Waals surface area contributed by atoms with E-state index in [4.69, 9.17) is 9.47 Å². The SMILES string of the molecule is CC/C(=C/CNCc1ccccc1COC)C(=O)OC. The van der Waals surface area contributed by atoms with Gasteiger partial charge in [0.15, 0.2) is 0 Å². The first-order chi connectivity index (χ1) is 9.72. The Morgan fingerprint density at radius 3 is 2.55 bits per heavy atom. The molecule has 1 N–H and O–H groups in total. The minimum Gasteiger partial charge on any atom is -0.466 e. The lowest BCUT2D eigenvalue weighted by atomic mass is 10.1. The molecule has 0 saturated carbocycles. The average molecular weight is 277 g/mol. The smallest absolute Gasteiger partial charge is 0.333 e. The van der Waals surface area contributed by atoms with Crippen molar-refractivity contribution in [2.24, 2.45) is 0 Å². The Kier molecular flexibility index (Phi) is 7.62. The van der Waals surface area contributed by atoms with Crippen LogP contribution in [0.2, 0.25) is 0 Å². The number of esters is 1. The average Bonchev–Trinajstić information content (AvgIpc) is 2.48. The summed E-state index contributed by atoms with van der Waals surface area (Å²) < 4.78 is 9.89. The molecule has 110 valence electrons. The van der Waals surface area contributed by atoms with Crippen molar-refractivity contribution in [2.75, 3.05) is 20.8 Å². The van der Waals surface area contributed by atoms with Gasteiger partial charge in [0.1, 0.15) is 0 Å². The molecular weight excluding hydrogens is 254 g/mol. The van der Waals surface area contributed by atoms with Gasteiger partial charge in [0.25, 0.3) is 0 Å². The fourth-order valence-electron chi connectivity index (χ4n) is 1.93. The second-order valence-electron chi connectivity index (χ2n) is 4.41. The molecule has 0 aromatic heterocycles. The Morgan fingerprint density at radius 1 is 1.25 bits per heavy atom. The third-order valence-corrected chi connectivity index (χ3v) is 3.05. The topological polar surface area (TPSA) is 47.6 Å². The summed E-state index contributed by atoms with van der Waals surface area (Å²) in [6.45, 7) is 3.93. The molecular formula is C16H23NO3. The van der Waals surface area contributed by atoms with Crippen LogP contribution in [0, 0.1) is 0 Å². The molecule has 0 radical (unpaired) electrons. The van der Waals surface area contributed by atoms with Crippen molar-refractivity contribution in [1.82, 2.24) is 5.32 Å². The first kappa shape index (κ1) is 16.4. The lowest BCUT2D eigenvalue weighted by molar-refractivity contribution is -0.136. The van der Waals surface area contributed by atoms with Gasteiger partial charge in [-0.2, -0.15) is 0 Å². The summed E-state index contributed by atoms with van der Waals surface area (Å²) >= 11 is 0. The van der Waals surface area contributed by atoms with Crippen molar-refractivity contribution in [3.05, 3.63) is 47.0 Å². The highest BCUT2D eigenvalue weighted by atomic mass is 16.5. The summed E-state index contributed by atoms with van der Waals surface area (Å²) in [7, 11) is 3.09. The van der Waals surface area contributed by atoms with Crippen LogP contribution in [0.5, 0.6) is 0 Å². The molecule has 0 aliphatic rings. The molecule has 20 heavy (non-hydrogen) atoms. The van der Waals surface area contributed by atoms with Crippen molar-refractivity contribution in [1.29, 1.82) is 0 Å². The summed E-state index contributed by atoms with van der Waals surface area (Å²) in [5.74, 6) is -0.255. The molecule has 0 heterocycles. The molecule has 1 aromatic carbocycles. The van der Waals surface area contributed by atoms with Crippen LogP contribution in [0.4, 0.5) is 0 Å². The third kappa shape index (κ3) is 5.15. The number of methoxy groups -OCH3 is 2. The van der Waals surface area contributed by atoms with Crippen LogP contribution in [0.3, 0.4) is 0 Å². The molecule has 0 aliphatic carbocycles. The first-order valence-electron chi connectivity index (χ1n) is 6.76. The van der Waals surface area contributed by atoms with Gasteiger partial charge in [-0.1, -0.05) is 37.3 Å². The van der Waals surface area contributed by atoms with E-state index in [0.29, 0.717) is 25.1 Å². The van der Waals surface area contributed by atoms with Crippen molar-refractivity contribution >= 4 is 5.97 Å². The second-order valence-corrected chi connectivity index (χ2v) is 4.41. The molecule has 1 aromatic rings. The van der Waals surface area contributed by atoms with Gasteiger partial charge in [-0.15, -0.1) is 0 Å². The number of benzene rings is 1. The normalized spacial score (nSPS) is 11.4. The minimum atomic E-state index is -0.255. The van der Waals surface area contributed by atoms with Gasteiger partial charge < -0.3 is 14.8 Å². The summed E-state index contributed by atoms with van der Waals surface area (Å²) in [5.41, 5.74) is 3.08. The van der Waals surface area contributed by atoms with Crippen LogP contribution in [0.15, 0.2) is 35.9 Å². The van der Waals surface area contributed by atoms with E-state index in [1.807, 2.05) is 25.1 Å². The zero-order chi connectivity index (χ0) is 14.8. The van der Waals surface area contributed by atoms with Crippen molar-refractivity contribution in [3.8, 4) is 0 Å².